The minimum Gasteiger partial charge on any atom is -0.308 e. The minimum absolute atomic E-state index is 0.403. The first-order chi connectivity index (χ1) is 26.4. The number of rotatable bonds is 5. The van der Waals surface area contributed by atoms with E-state index in [0.29, 0.717) is 34.2 Å². The molecule has 8 heteroatoms. The second kappa shape index (κ2) is 12.5. The lowest BCUT2D eigenvalue weighted by atomic mass is 9.99. The van der Waals surface area contributed by atoms with E-state index in [0.717, 1.165) is 44.6 Å². The van der Waals surface area contributed by atoms with Gasteiger partial charge in [0.05, 0.1) is 22.3 Å². The quantitative estimate of drug-likeness (QED) is 0.177. The van der Waals surface area contributed by atoms with Gasteiger partial charge in [0, 0.05) is 47.6 Å². The highest BCUT2D eigenvalue weighted by atomic mass is 32.1. The van der Waals surface area contributed by atoms with Crippen molar-refractivity contribution in [3.8, 4) is 51.0 Å². The van der Waals surface area contributed by atoms with Gasteiger partial charge in [-0.1, -0.05) is 121 Å². The molecular weight excluding hydrogens is 698 g/mol. The molecule has 10 rings (SSSR count). The van der Waals surface area contributed by atoms with Crippen molar-refractivity contribution in [3.05, 3.63) is 169 Å². The van der Waals surface area contributed by atoms with E-state index >= 15 is 0 Å². The number of para-hydroxylation sites is 1. The maximum absolute atomic E-state index is 14.2. The molecule has 0 N–H and O–H groups in total. The van der Waals surface area contributed by atoms with Crippen molar-refractivity contribution in [1.29, 1.82) is 0 Å². The van der Waals surface area contributed by atoms with E-state index in [4.69, 9.17) is 15.0 Å². The predicted octanol–water partition coefficient (Wildman–Crippen LogP) is 13.0. The summed E-state index contributed by atoms with van der Waals surface area (Å²) in [4.78, 5) is 15.1. The Labute approximate surface area is 311 Å². The van der Waals surface area contributed by atoms with Gasteiger partial charge >= 0.3 is 6.18 Å². The van der Waals surface area contributed by atoms with E-state index in [1.165, 1.54) is 26.2 Å². The number of alkyl halides is 3. The van der Waals surface area contributed by atoms with Gasteiger partial charge in [-0.2, -0.15) is 13.2 Å². The lowest BCUT2D eigenvalue weighted by Crippen LogP contribution is -2.06. The summed E-state index contributed by atoms with van der Waals surface area (Å²) >= 11 is 1.75. The molecule has 0 radical (unpaired) electrons. The first-order valence-electron chi connectivity index (χ1n) is 17.4. The van der Waals surface area contributed by atoms with Crippen LogP contribution in [0.15, 0.2) is 164 Å². The standard InChI is InChI=1S/C46H27F3N4S/c47-46(48,49)32-21-23-34-33-15-7-9-17-38(33)53(40(34)27-32)39-24-20-30(31-19-22-36-35-16-8-10-18-41(35)54-42(36)26-31)25-37(39)45-51-43(28-11-3-1-4-12-28)50-44(52-45)29-13-5-2-6-14-29/h1-27H. The number of benzene rings is 7. The normalized spacial score (nSPS) is 12.0. The maximum atomic E-state index is 14.2. The Morgan fingerprint density at radius 3 is 1.70 bits per heavy atom. The Morgan fingerprint density at radius 2 is 0.981 bits per heavy atom. The van der Waals surface area contributed by atoms with E-state index in [1.807, 2.05) is 102 Å². The molecule has 0 saturated heterocycles. The fraction of sp³-hybridized carbons (Fsp3) is 0.0217. The first kappa shape index (κ1) is 32.0. The van der Waals surface area contributed by atoms with Crippen LogP contribution in [0.25, 0.3) is 93.0 Å². The van der Waals surface area contributed by atoms with Gasteiger partial charge < -0.3 is 4.57 Å². The number of hydrogen-bond donors (Lipinski definition) is 0. The molecule has 10 aromatic rings. The van der Waals surface area contributed by atoms with Crippen LogP contribution in [0.2, 0.25) is 0 Å². The molecule has 0 fully saturated rings. The van der Waals surface area contributed by atoms with Crippen LogP contribution in [-0.4, -0.2) is 19.5 Å². The molecule has 3 aromatic heterocycles. The number of hydrogen-bond acceptors (Lipinski definition) is 4. The number of thiophene rings is 1. The van der Waals surface area contributed by atoms with Crippen molar-refractivity contribution in [2.45, 2.75) is 6.18 Å². The van der Waals surface area contributed by atoms with Gasteiger partial charge in [0.2, 0.25) is 0 Å². The van der Waals surface area contributed by atoms with Crippen LogP contribution >= 0.6 is 11.3 Å². The molecule has 0 aliphatic rings. The zero-order valence-corrected chi connectivity index (χ0v) is 29.2. The average Bonchev–Trinajstić information content (AvgIpc) is 3.76. The Kier molecular flexibility index (Phi) is 7.42. The van der Waals surface area contributed by atoms with Gasteiger partial charge in [-0.25, -0.2) is 15.0 Å². The summed E-state index contributed by atoms with van der Waals surface area (Å²) in [7, 11) is 0. The number of nitrogens with zero attached hydrogens (tertiary/aromatic N) is 4. The lowest BCUT2D eigenvalue weighted by Gasteiger charge is -2.17. The third-order valence-electron chi connectivity index (χ3n) is 9.89. The van der Waals surface area contributed by atoms with Gasteiger partial charge in [0.15, 0.2) is 17.5 Å². The van der Waals surface area contributed by atoms with Gasteiger partial charge in [0.25, 0.3) is 0 Å². The summed E-state index contributed by atoms with van der Waals surface area (Å²) in [5.41, 5.74) is 5.36. The zero-order valence-electron chi connectivity index (χ0n) is 28.4. The van der Waals surface area contributed by atoms with E-state index in [1.54, 1.807) is 17.4 Å². The van der Waals surface area contributed by atoms with E-state index in [2.05, 4.69) is 48.5 Å². The molecule has 0 saturated carbocycles. The van der Waals surface area contributed by atoms with Gasteiger partial charge in [-0.3, -0.25) is 0 Å². The summed E-state index contributed by atoms with van der Waals surface area (Å²) in [6.07, 6.45) is -4.52. The van der Waals surface area contributed by atoms with E-state index in [-0.39, 0.29) is 0 Å². The molecule has 54 heavy (non-hydrogen) atoms. The Hall–Kier alpha value is -6.64. The van der Waals surface area contributed by atoms with Crippen LogP contribution < -0.4 is 0 Å². The van der Waals surface area contributed by atoms with Crippen molar-refractivity contribution in [1.82, 2.24) is 19.5 Å². The topological polar surface area (TPSA) is 43.6 Å². The summed E-state index contributed by atoms with van der Waals surface area (Å²) < 4.78 is 47.0. The van der Waals surface area contributed by atoms with Crippen molar-refractivity contribution < 1.29 is 13.2 Å². The number of fused-ring (bicyclic) bond motifs is 6. The molecular formula is C46H27F3N4S. The predicted molar refractivity (Wildman–Crippen MR) is 214 cm³/mol. The molecule has 0 aliphatic heterocycles. The minimum atomic E-state index is -4.52. The summed E-state index contributed by atoms with van der Waals surface area (Å²) in [5.74, 6) is 1.38. The first-order valence-corrected chi connectivity index (χ1v) is 18.2. The SMILES string of the molecule is FC(F)(F)c1ccc2c3ccccc3n(-c3ccc(-c4ccc5c(c4)sc4ccccc45)cc3-c3nc(-c4ccccc4)nc(-c4ccccc4)n3)c2c1. The molecule has 0 amide bonds. The van der Waals surface area contributed by atoms with E-state index < -0.39 is 11.7 Å². The zero-order chi connectivity index (χ0) is 36.4. The molecule has 7 aromatic carbocycles. The third kappa shape index (κ3) is 5.42. The molecule has 0 aliphatic carbocycles. The highest BCUT2D eigenvalue weighted by Gasteiger charge is 2.31. The van der Waals surface area contributed by atoms with Crippen LogP contribution in [0.5, 0.6) is 0 Å². The molecule has 3 heterocycles. The number of halogens is 3. The van der Waals surface area contributed by atoms with Crippen LogP contribution in [-0.2, 0) is 6.18 Å². The van der Waals surface area contributed by atoms with Crippen LogP contribution in [0, 0.1) is 0 Å². The number of aromatic nitrogens is 4. The third-order valence-corrected chi connectivity index (χ3v) is 11.0. The van der Waals surface area contributed by atoms with Crippen LogP contribution in [0.4, 0.5) is 13.2 Å². The highest BCUT2D eigenvalue weighted by molar-refractivity contribution is 7.25. The monoisotopic (exact) mass is 724 g/mol. The fourth-order valence-electron chi connectivity index (χ4n) is 7.33. The molecule has 0 atom stereocenters. The highest BCUT2D eigenvalue weighted by Crippen LogP contribution is 2.42. The molecule has 258 valence electrons. The molecule has 0 spiro atoms. The molecule has 0 bridgehead atoms. The lowest BCUT2D eigenvalue weighted by molar-refractivity contribution is -0.137. The molecule has 0 unspecified atom stereocenters. The van der Waals surface area contributed by atoms with Crippen LogP contribution in [0.1, 0.15) is 5.56 Å². The van der Waals surface area contributed by atoms with E-state index in [9.17, 15) is 13.2 Å². The average molecular weight is 725 g/mol. The van der Waals surface area contributed by atoms with Gasteiger partial charge in [-0.15, -0.1) is 11.3 Å². The Morgan fingerprint density at radius 1 is 0.426 bits per heavy atom. The summed E-state index contributed by atoms with van der Waals surface area (Å²) in [6, 6.07) is 52.0. The van der Waals surface area contributed by atoms with Crippen molar-refractivity contribution >= 4 is 53.3 Å². The van der Waals surface area contributed by atoms with Gasteiger partial charge in [0.1, 0.15) is 0 Å². The van der Waals surface area contributed by atoms with Crippen molar-refractivity contribution in [2.24, 2.45) is 0 Å². The second-order valence-corrected chi connectivity index (χ2v) is 14.2. The molecule has 4 nitrogen and oxygen atoms in total. The largest absolute Gasteiger partial charge is 0.416 e. The summed E-state index contributed by atoms with van der Waals surface area (Å²) in [5, 5.41) is 3.97. The van der Waals surface area contributed by atoms with Crippen molar-refractivity contribution in [2.75, 3.05) is 0 Å². The summed E-state index contributed by atoms with van der Waals surface area (Å²) in [6.45, 7) is 0. The Bertz CT molecular complexity index is 2980. The Balaban J connectivity index is 1.28. The van der Waals surface area contributed by atoms with Crippen molar-refractivity contribution in [3.63, 3.8) is 0 Å². The van der Waals surface area contributed by atoms with Gasteiger partial charge in [-0.05, 0) is 53.6 Å². The second-order valence-electron chi connectivity index (χ2n) is 13.2. The maximum Gasteiger partial charge on any atom is 0.416 e. The van der Waals surface area contributed by atoms with Crippen LogP contribution in [0.3, 0.4) is 0 Å². The smallest absolute Gasteiger partial charge is 0.308 e. The fourth-order valence-corrected chi connectivity index (χ4v) is 8.48.